The standard InChI is InChI=1S/C23H18ClNO/c1-16-11-13-17(14-12-16)15-25-20-10-6-5-9-19(20)21(23(25)26)22(24)18-7-3-2-4-8-18/h2-14H,15H2,1H3/b22-21+. The second-order valence-electron chi connectivity index (χ2n) is 6.45. The summed E-state index contributed by atoms with van der Waals surface area (Å²) in [5.41, 5.74) is 5.51. The Hall–Kier alpha value is -2.84. The molecule has 2 nitrogen and oxygen atoms in total. The van der Waals surface area contributed by atoms with Crippen LogP contribution in [0.15, 0.2) is 78.9 Å². The van der Waals surface area contributed by atoms with Gasteiger partial charge in [0.1, 0.15) is 0 Å². The van der Waals surface area contributed by atoms with Gasteiger partial charge in [-0.2, -0.15) is 0 Å². The maximum absolute atomic E-state index is 13.2. The first kappa shape index (κ1) is 16.6. The fourth-order valence-corrected chi connectivity index (χ4v) is 3.56. The fourth-order valence-electron chi connectivity index (χ4n) is 3.25. The highest BCUT2D eigenvalue weighted by atomic mass is 35.5. The van der Waals surface area contributed by atoms with Crippen LogP contribution in [-0.4, -0.2) is 5.91 Å². The first-order valence-electron chi connectivity index (χ1n) is 8.57. The number of para-hydroxylation sites is 1. The maximum atomic E-state index is 13.2. The molecule has 1 aliphatic rings. The number of hydrogen-bond donors (Lipinski definition) is 0. The van der Waals surface area contributed by atoms with Crippen molar-refractivity contribution in [3.8, 4) is 0 Å². The number of carbonyl (C=O) groups is 1. The number of fused-ring (bicyclic) bond motifs is 1. The fraction of sp³-hybridized carbons (Fsp3) is 0.0870. The monoisotopic (exact) mass is 359 g/mol. The van der Waals surface area contributed by atoms with Crippen LogP contribution in [0, 0.1) is 6.92 Å². The van der Waals surface area contributed by atoms with Gasteiger partial charge in [-0.3, -0.25) is 4.79 Å². The molecule has 4 rings (SSSR count). The zero-order chi connectivity index (χ0) is 18.1. The van der Waals surface area contributed by atoms with Gasteiger partial charge < -0.3 is 4.90 Å². The molecule has 3 aromatic rings. The molecule has 1 aliphatic heterocycles. The second kappa shape index (κ2) is 6.81. The summed E-state index contributed by atoms with van der Waals surface area (Å²) in [6, 6.07) is 25.7. The highest BCUT2D eigenvalue weighted by Crippen LogP contribution is 2.42. The zero-order valence-corrected chi connectivity index (χ0v) is 15.2. The van der Waals surface area contributed by atoms with Crippen LogP contribution in [-0.2, 0) is 11.3 Å². The van der Waals surface area contributed by atoms with Crippen LogP contribution in [0.3, 0.4) is 0 Å². The smallest absolute Gasteiger partial charge is 0.260 e. The van der Waals surface area contributed by atoms with Gasteiger partial charge in [0.25, 0.3) is 5.91 Å². The second-order valence-corrected chi connectivity index (χ2v) is 6.83. The first-order chi connectivity index (χ1) is 12.6. The summed E-state index contributed by atoms with van der Waals surface area (Å²) in [5.74, 6) is -0.0550. The molecule has 0 unspecified atom stereocenters. The molecule has 26 heavy (non-hydrogen) atoms. The number of carbonyl (C=O) groups excluding carboxylic acids is 1. The summed E-state index contributed by atoms with van der Waals surface area (Å²) in [6.07, 6.45) is 0. The Kier molecular flexibility index (Phi) is 4.36. The number of anilines is 1. The summed E-state index contributed by atoms with van der Waals surface area (Å²) in [7, 11) is 0. The molecule has 0 spiro atoms. The maximum Gasteiger partial charge on any atom is 0.260 e. The van der Waals surface area contributed by atoms with E-state index in [2.05, 4.69) is 31.2 Å². The van der Waals surface area contributed by atoms with E-state index in [9.17, 15) is 4.79 Å². The molecule has 0 saturated carbocycles. The SMILES string of the molecule is Cc1ccc(CN2C(=O)/C(=C(/Cl)c3ccccc3)c3ccccc32)cc1. The van der Waals surface area contributed by atoms with Gasteiger partial charge in [-0.15, -0.1) is 0 Å². The van der Waals surface area contributed by atoms with Gasteiger partial charge in [0.15, 0.2) is 0 Å². The van der Waals surface area contributed by atoms with Crippen molar-refractivity contribution >= 4 is 33.8 Å². The third-order valence-electron chi connectivity index (χ3n) is 4.63. The largest absolute Gasteiger partial charge is 0.303 e. The molecular formula is C23H18ClNO. The van der Waals surface area contributed by atoms with Crippen molar-refractivity contribution < 1.29 is 4.79 Å². The van der Waals surface area contributed by atoms with Gasteiger partial charge >= 0.3 is 0 Å². The summed E-state index contributed by atoms with van der Waals surface area (Å²) in [6.45, 7) is 2.58. The molecule has 128 valence electrons. The van der Waals surface area contributed by atoms with E-state index in [-0.39, 0.29) is 5.91 Å². The lowest BCUT2D eigenvalue weighted by atomic mass is 10.0. The number of hydrogen-bond acceptors (Lipinski definition) is 1. The molecule has 0 bridgehead atoms. The number of rotatable bonds is 3. The van der Waals surface area contributed by atoms with Crippen molar-refractivity contribution in [1.29, 1.82) is 0 Å². The molecule has 0 saturated heterocycles. The van der Waals surface area contributed by atoms with Crippen molar-refractivity contribution in [3.63, 3.8) is 0 Å². The number of nitrogens with zero attached hydrogens (tertiary/aromatic N) is 1. The van der Waals surface area contributed by atoms with Gasteiger partial charge in [0, 0.05) is 5.56 Å². The van der Waals surface area contributed by atoms with Gasteiger partial charge in [0.2, 0.25) is 0 Å². The van der Waals surface area contributed by atoms with Gasteiger partial charge in [-0.25, -0.2) is 0 Å². The molecule has 0 aliphatic carbocycles. The molecule has 0 radical (unpaired) electrons. The Morgan fingerprint density at radius 1 is 0.885 bits per heavy atom. The highest BCUT2D eigenvalue weighted by Gasteiger charge is 2.34. The molecule has 3 aromatic carbocycles. The van der Waals surface area contributed by atoms with Crippen molar-refractivity contribution in [2.45, 2.75) is 13.5 Å². The van der Waals surface area contributed by atoms with Crippen LogP contribution in [0.25, 0.3) is 10.6 Å². The number of halogens is 1. The van der Waals surface area contributed by atoms with Gasteiger partial charge in [-0.05, 0) is 24.1 Å². The third-order valence-corrected chi connectivity index (χ3v) is 5.04. The molecule has 1 heterocycles. The molecule has 0 N–H and O–H groups in total. The molecule has 1 amide bonds. The van der Waals surface area contributed by atoms with E-state index in [1.807, 2.05) is 54.6 Å². The number of benzene rings is 3. The minimum Gasteiger partial charge on any atom is -0.303 e. The van der Waals surface area contributed by atoms with E-state index in [0.717, 1.165) is 22.4 Å². The summed E-state index contributed by atoms with van der Waals surface area (Å²) in [5, 5.41) is 0.495. The Morgan fingerprint density at radius 2 is 1.54 bits per heavy atom. The quantitative estimate of drug-likeness (QED) is 0.553. The lowest BCUT2D eigenvalue weighted by Crippen LogP contribution is -2.25. The average Bonchev–Trinajstić information content (AvgIpc) is 2.95. The summed E-state index contributed by atoms with van der Waals surface area (Å²) in [4.78, 5) is 15.0. The minimum absolute atomic E-state index is 0.0550. The average molecular weight is 360 g/mol. The van der Waals surface area contributed by atoms with Crippen LogP contribution in [0.2, 0.25) is 0 Å². The Balaban J connectivity index is 1.79. The topological polar surface area (TPSA) is 20.3 Å². The Bertz CT molecular complexity index is 990. The predicted octanol–water partition coefficient (Wildman–Crippen LogP) is 5.65. The molecule has 0 aromatic heterocycles. The molecule has 0 atom stereocenters. The van der Waals surface area contributed by atoms with E-state index < -0.39 is 0 Å². The Labute approximate surface area is 158 Å². The van der Waals surface area contributed by atoms with Crippen molar-refractivity contribution in [1.82, 2.24) is 0 Å². The lowest BCUT2D eigenvalue weighted by Gasteiger charge is -2.17. The molecule has 3 heteroatoms. The normalized spacial score (nSPS) is 15.2. The van der Waals surface area contributed by atoms with Gasteiger partial charge in [-0.1, -0.05) is 90.0 Å². The predicted molar refractivity (Wildman–Crippen MR) is 108 cm³/mol. The van der Waals surface area contributed by atoms with Crippen LogP contribution < -0.4 is 4.90 Å². The molecular weight excluding hydrogens is 342 g/mol. The third kappa shape index (κ3) is 2.93. The minimum atomic E-state index is -0.0550. The van der Waals surface area contributed by atoms with Crippen LogP contribution in [0.5, 0.6) is 0 Å². The van der Waals surface area contributed by atoms with E-state index in [1.54, 1.807) is 4.90 Å². The van der Waals surface area contributed by atoms with Crippen molar-refractivity contribution in [2.24, 2.45) is 0 Å². The van der Waals surface area contributed by atoms with Crippen LogP contribution >= 0.6 is 11.6 Å². The van der Waals surface area contributed by atoms with Crippen molar-refractivity contribution in [2.75, 3.05) is 4.90 Å². The summed E-state index contributed by atoms with van der Waals surface area (Å²) >= 11 is 6.66. The van der Waals surface area contributed by atoms with E-state index in [1.165, 1.54) is 5.56 Å². The highest BCUT2D eigenvalue weighted by molar-refractivity contribution is 6.59. The van der Waals surface area contributed by atoms with Gasteiger partial charge in [0.05, 0.1) is 22.8 Å². The first-order valence-corrected chi connectivity index (χ1v) is 8.95. The Morgan fingerprint density at radius 3 is 2.27 bits per heavy atom. The van der Waals surface area contributed by atoms with Crippen LogP contribution in [0.1, 0.15) is 22.3 Å². The number of aryl methyl sites for hydroxylation is 1. The summed E-state index contributed by atoms with van der Waals surface area (Å²) < 4.78 is 0. The van der Waals surface area contributed by atoms with E-state index in [0.29, 0.717) is 17.2 Å². The molecule has 0 fully saturated rings. The van der Waals surface area contributed by atoms with Crippen molar-refractivity contribution in [3.05, 3.63) is 101 Å². The van der Waals surface area contributed by atoms with E-state index >= 15 is 0 Å². The lowest BCUT2D eigenvalue weighted by molar-refractivity contribution is -0.113. The van der Waals surface area contributed by atoms with E-state index in [4.69, 9.17) is 11.6 Å². The van der Waals surface area contributed by atoms with Crippen LogP contribution in [0.4, 0.5) is 5.69 Å². The zero-order valence-electron chi connectivity index (χ0n) is 14.4. The number of amides is 1.